The van der Waals surface area contributed by atoms with Crippen LogP contribution < -0.4 is 0 Å². The Morgan fingerprint density at radius 1 is 1.15 bits per heavy atom. The molecule has 1 aliphatic rings. The standard InChI is InChI=1S/C17H15FO2/c18-15-8-4-2-6-13(15)11-17(16(19)20)10-9-12-5-1-3-7-14(12)17/h1-8H,9-11H2,(H,19,20). The molecule has 0 radical (unpaired) electrons. The third-order valence-electron chi connectivity index (χ3n) is 4.21. The summed E-state index contributed by atoms with van der Waals surface area (Å²) in [6.07, 6.45) is 1.46. The Kier molecular flexibility index (Phi) is 3.05. The smallest absolute Gasteiger partial charge is 0.314 e. The van der Waals surface area contributed by atoms with E-state index in [4.69, 9.17) is 0 Å². The minimum Gasteiger partial charge on any atom is -0.481 e. The number of hydrogen-bond donors (Lipinski definition) is 1. The molecule has 0 amide bonds. The molecule has 3 rings (SSSR count). The molecule has 2 nitrogen and oxygen atoms in total. The summed E-state index contributed by atoms with van der Waals surface area (Å²) in [6, 6.07) is 14.0. The van der Waals surface area contributed by atoms with Crippen molar-refractivity contribution >= 4 is 5.97 Å². The van der Waals surface area contributed by atoms with E-state index in [-0.39, 0.29) is 12.2 Å². The first-order valence-electron chi connectivity index (χ1n) is 6.69. The number of rotatable bonds is 3. The maximum Gasteiger partial charge on any atom is 0.314 e. The maximum absolute atomic E-state index is 13.9. The van der Waals surface area contributed by atoms with Crippen LogP contribution in [-0.4, -0.2) is 11.1 Å². The van der Waals surface area contributed by atoms with Crippen molar-refractivity contribution in [3.8, 4) is 0 Å². The summed E-state index contributed by atoms with van der Waals surface area (Å²) in [6.45, 7) is 0. The van der Waals surface area contributed by atoms with Crippen LogP contribution in [0.25, 0.3) is 0 Å². The fourth-order valence-corrected chi connectivity index (χ4v) is 3.14. The molecular formula is C17H15FO2. The highest BCUT2D eigenvalue weighted by molar-refractivity contribution is 5.83. The van der Waals surface area contributed by atoms with Gasteiger partial charge in [-0.25, -0.2) is 4.39 Å². The molecule has 102 valence electrons. The fraction of sp³-hybridized carbons (Fsp3) is 0.235. The van der Waals surface area contributed by atoms with E-state index < -0.39 is 11.4 Å². The Bertz CT molecular complexity index is 666. The lowest BCUT2D eigenvalue weighted by atomic mass is 9.76. The van der Waals surface area contributed by atoms with Gasteiger partial charge in [-0.2, -0.15) is 0 Å². The second-order valence-electron chi connectivity index (χ2n) is 5.31. The van der Waals surface area contributed by atoms with Gasteiger partial charge in [0.25, 0.3) is 0 Å². The minimum absolute atomic E-state index is 0.200. The highest BCUT2D eigenvalue weighted by atomic mass is 19.1. The fourth-order valence-electron chi connectivity index (χ4n) is 3.14. The summed E-state index contributed by atoms with van der Waals surface area (Å²) in [5, 5.41) is 9.74. The molecule has 0 aromatic heterocycles. The molecule has 0 saturated carbocycles. The van der Waals surface area contributed by atoms with Crippen LogP contribution in [0.3, 0.4) is 0 Å². The molecule has 1 aliphatic carbocycles. The predicted molar refractivity (Wildman–Crippen MR) is 74.2 cm³/mol. The molecular weight excluding hydrogens is 255 g/mol. The topological polar surface area (TPSA) is 37.3 Å². The first-order valence-corrected chi connectivity index (χ1v) is 6.69. The van der Waals surface area contributed by atoms with Crippen molar-refractivity contribution in [2.24, 2.45) is 0 Å². The van der Waals surface area contributed by atoms with Gasteiger partial charge in [0.2, 0.25) is 0 Å². The number of carbonyl (C=O) groups is 1. The first kappa shape index (κ1) is 12.9. The molecule has 0 aliphatic heterocycles. The average molecular weight is 270 g/mol. The zero-order valence-electron chi connectivity index (χ0n) is 11.0. The Morgan fingerprint density at radius 3 is 2.60 bits per heavy atom. The molecule has 3 heteroatoms. The van der Waals surface area contributed by atoms with E-state index in [1.807, 2.05) is 24.3 Å². The number of aliphatic carboxylic acids is 1. The van der Waals surface area contributed by atoms with Crippen molar-refractivity contribution < 1.29 is 14.3 Å². The van der Waals surface area contributed by atoms with Gasteiger partial charge < -0.3 is 5.11 Å². The summed E-state index contributed by atoms with van der Waals surface area (Å²) in [5.74, 6) is -1.21. The molecule has 1 atom stereocenters. The van der Waals surface area contributed by atoms with E-state index in [2.05, 4.69) is 0 Å². The van der Waals surface area contributed by atoms with Gasteiger partial charge in [-0.3, -0.25) is 4.79 Å². The van der Waals surface area contributed by atoms with Gasteiger partial charge in [-0.15, -0.1) is 0 Å². The Hall–Kier alpha value is -2.16. The Balaban J connectivity index is 2.08. The third-order valence-corrected chi connectivity index (χ3v) is 4.21. The predicted octanol–water partition coefficient (Wildman–Crippen LogP) is 3.34. The van der Waals surface area contributed by atoms with Gasteiger partial charge in [-0.05, 0) is 42.0 Å². The molecule has 0 spiro atoms. The van der Waals surface area contributed by atoms with Gasteiger partial charge in [0.1, 0.15) is 5.82 Å². The molecule has 2 aromatic carbocycles. The van der Waals surface area contributed by atoms with E-state index in [9.17, 15) is 14.3 Å². The van der Waals surface area contributed by atoms with Gasteiger partial charge in [0.15, 0.2) is 0 Å². The van der Waals surface area contributed by atoms with Crippen molar-refractivity contribution in [2.75, 3.05) is 0 Å². The lowest BCUT2D eigenvalue weighted by Crippen LogP contribution is -2.36. The molecule has 1 N–H and O–H groups in total. The lowest BCUT2D eigenvalue weighted by Gasteiger charge is -2.26. The summed E-state index contributed by atoms with van der Waals surface area (Å²) < 4.78 is 13.9. The van der Waals surface area contributed by atoms with E-state index in [1.165, 1.54) is 6.07 Å². The molecule has 1 unspecified atom stereocenters. The summed E-state index contributed by atoms with van der Waals surface area (Å²) in [5.41, 5.74) is 1.35. The molecule has 0 fully saturated rings. The number of fused-ring (bicyclic) bond motifs is 1. The SMILES string of the molecule is O=C(O)C1(Cc2ccccc2F)CCc2ccccc21. The highest BCUT2D eigenvalue weighted by Crippen LogP contribution is 2.42. The van der Waals surface area contributed by atoms with Crippen LogP contribution in [0.1, 0.15) is 23.1 Å². The van der Waals surface area contributed by atoms with Gasteiger partial charge in [0, 0.05) is 0 Å². The number of halogens is 1. The van der Waals surface area contributed by atoms with Crippen LogP contribution in [0.2, 0.25) is 0 Å². The Morgan fingerprint density at radius 2 is 1.85 bits per heavy atom. The van der Waals surface area contributed by atoms with Crippen LogP contribution in [0, 0.1) is 5.82 Å². The van der Waals surface area contributed by atoms with Crippen molar-refractivity contribution in [1.82, 2.24) is 0 Å². The van der Waals surface area contributed by atoms with Crippen molar-refractivity contribution in [1.29, 1.82) is 0 Å². The van der Waals surface area contributed by atoms with E-state index in [0.717, 1.165) is 17.5 Å². The number of benzene rings is 2. The summed E-state index contributed by atoms with van der Waals surface area (Å²) >= 11 is 0. The zero-order chi connectivity index (χ0) is 14.2. The normalized spacial score (nSPS) is 20.6. The third kappa shape index (κ3) is 1.90. The van der Waals surface area contributed by atoms with E-state index in [1.54, 1.807) is 18.2 Å². The quantitative estimate of drug-likeness (QED) is 0.928. The molecule has 2 aromatic rings. The maximum atomic E-state index is 13.9. The number of carboxylic acids is 1. The minimum atomic E-state index is -1.00. The second-order valence-corrected chi connectivity index (χ2v) is 5.31. The summed E-state index contributed by atoms with van der Waals surface area (Å²) in [4.78, 5) is 11.9. The first-order chi connectivity index (χ1) is 9.63. The van der Waals surface area contributed by atoms with E-state index >= 15 is 0 Å². The van der Waals surface area contributed by atoms with E-state index in [0.29, 0.717) is 12.0 Å². The molecule has 0 saturated heterocycles. The number of hydrogen-bond acceptors (Lipinski definition) is 1. The van der Waals surface area contributed by atoms with Crippen LogP contribution in [0.4, 0.5) is 4.39 Å². The summed E-state index contributed by atoms with van der Waals surface area (Å²) in [7, 11) is 0. The lowest BCUT2D eigenvalue weighted by molar-refractivity contribution is -0.143. The van der Waals surface area contributed by atoms with Gasteiger partial charge in [-0.1, -0.05) is 42.5 Å². The molecule has 0 bridgehead atoms. The monoisotopic (exact) mass is 270 g/mol. The van der Waals surface area contributed by atoms with Crippen LogP contribution in [-0.2, 0) is 23.1 Å². The molecule has 0 heterocycles. The molecule has 20 heavy (non-hydrogen) atoms. The van der Waals surface area contributed by atoms with Crippen LogP contribution in [0.5, 0.6) is 0 Å². The zero-order valence-corrected chi connectivity index (χ0v) is 11.0. The average Bonchev–Trinajstić information content (AvgIpc) is 2.82. The van der Waals surface area contributed by atoms with Crippen molar-refractivity contribution in [3.63, 3.8) is 0 Å². The number of carboxylic acid groups (broad SMARTS) is 1. The second kappa shape index (κ2) is 4.75. The van der Waals surface area contributed by atoms with Gasteiger partial charge in [0.05, 0.1) is 5.41 Å². The largest absolute Gasteiger partial charge is 0.481 e. The van der Waals surface area contributed by atoms with Crippen LogP contribution >= 0.6 is 0 Å². The Labute approximate surface area is 116 Å². The van der Waals surface area contributed by atoms with Gasteiger partial charge >= 0.3 is 5.97 Å². The van der Waals surface area contributed by atoms with Crippen molar-refractivity contribution in [3.05, 3.63) is 71.0 Å². The highest BCUT2D eigenvalue weighted by Gasteiger charge is 2.45. The van der Waals surface area contributed by atoms with Crippen LogP contribution in [0.15, 0.2) is 48.5 Å². The van der Waals surface area contributed by atoms with Crippen molar-refractivity contribution in [2.45, 2.75) is 24.7 Å². The number of aryl methyl sites for hydroxylation is 1.